The minimum atomic E-state index is 0.940. The molecule has 0 heteroatoms. The Labute approximate surface area is 128 Å². The predicted octanol–water partition coefficient (Wildman–Crippen LogP) is 5.81. The van der Waals surface area contributed by atoms with Crippen molar-refractivity contribution in [3.05, 3.63) is 88.5 Å². The summed E-state index contributed by atoms with van der Waals surface area (Å²) >= 11 is 0. The molecule has 0 saturated carbocycles. The number of rotatable bonds is 4. The topological polar surface area (TPSA) is 0 Å². The van der Waals surface area contributed by atoms with Gasteiger partial charge in [-0.1, -0.05) is 60.7 Å². The SMILES string of the molecule is C=C(/C(=C\C)Cc1ccccc1C)c1ccc(C)cc1C. The molecule has 0 unspecified atom stereocenters. The predicted molar refractivity (Wildman–Crippen MR) is 93.6 cm³/mol. The third-order valence-corrected chi connectivity index (χ3v) is 4.09. The fraction of sp³-hybridized carbons (Fsp3) is 0.238. The monoisotopic (exact) mass is 276 g/mol. The smallest absolute Gasteiger partial charge is 0.00205 e. The maximum Gasteiger partial charge on any atom is -0.00205 e. The fourth-order valence-electron chi connectivity index (χ4n) is 2.72. The molecule has 0 saturated heterocycles. The molecule has 0 N–H and O–H groups in total. The summed E-state index contributed by atoms with van der Waals surface area (Å²) in [5.74, 6) is 0. The highest BCUT2D eigenvalue weighted by atomic mass is 14.1. The van der Waals surface area contributed by atoms with Gasteiger partial charge in [-0.05, 0) is 67.5 Å². The van der Waals surface area contributed by atoms with Crippen molar-refractivity contribution in [2.24, 2.45) is 0 Å². The summed E-state index contributed by atoms with van der Waals surface area (Å²) < 4.78 is 0. The standard InChI is InChI=1S/C21H24/c1-6-19(14-20-10-8-7-9-16(20)3)18(5)21-12-11-15(2)13-17(21)4/h6-13H,5,14H2,1-4H3/b19-6-. The highest BCUT2D eigenvalue weighted by molar-refractivity contribution is 5.79. The van der Waals surface area contributed by atoms with E-state index in [1.165, 1.54) is 33.4 Å². The van der Waals surface area contributed by atoms with E-state index >= 15 is 0 Å². The molecule has 0 atom stereocenters. The van der Waals surface area contributed by atoms with Crippen LogP contribution in [-0.2, 0) is 6.42 Å². The first-order valence-electron chi connectivity index (χ1n) is 7.49. The molecule has 0 radical (unpaired) electrons. The van der Waals surface area contributed by atoms with Crippen molar-refractivity contribution < 1.29 is 0 Å². The molecule has 0 heterocycles. The number of aryl methyl sites for hydroxylation is 3. The first-order valence-corrected chi connectivity index (χ1v) is 7.49. The first-order chi connectivity index (χ1) is 10.0. The van der Waals surface area contributed by atoms with E-state index in [9.17, 15) is 0 Å². The molecule has 0 aliphatic heterocycles. The molecular formula is C21H24. The molecule has 0 aliphatic carbocycles. The summed E-state index contributed by atoms with van der Waals surface area (Å²) in [6.07, 6.45) is 3.13. The highest BCUT2D eigenvalue weighted by Crippen LogP contribution is 2.28. The van der Waals surface area contributed by atoms with E-state index in [-0.39, 0.29) is 0 Å². The van der Waals surface area contributed by atoms with Crippen LogP contribution in [0.3, 0.4) is 0 Å². The second-order valence-electron chi connectivity index (χ2n) is 5.71. The Balaban J connectivity index is 2.30. The average Bonchev–Trinajstić information content (AvgIpc) is 2.46. The molecule has 108 valence electrons. The van der Waals surface area contributed by atoms with Gasteiger partial charge in [0.05, 0.1) is 0 Å². The highest BCUT2D eigenvalue weighted by Gasteiger charge is 2.09. The van der Waals surface area contributed by atoms with Crippen LogP contribution in [0.1, 0.15) is 34.7 Å². The van der Waals surface area contributed by atoms with E-state index in [1.54, 1.807) is 0 Å². The van der Waals surface area contributed by atoms with Crippen LogP contribution >= 0.6 is 0 Å². The Bertz CT molecular complexity index is 687. The lowest BCUT2D eigenvalue weighted by Gasteiger charge is -2.15. The number of allylic oxidation sites excluding steroid dienone is 3. The summed E-state index contributed by atoms with van der Waals surface area (Å²) in [5.41, 5.74) is 8.99. The summed E-state index contributed by atoms with van der Waals surface area (Å²) in [4.78, 5) is 0. The van der Waals surface area contributed by atoms with E-state index in [2.05, 4.69) is 82.8 Å². The Hall–Kier alpha value is -2.08. The lowest BCUT2D eigenvalue weighted by Crippen LogP contribution is -1.98. The number of benzene rings is 2. The molecular weight excluding hydrogens is 252 g/mol. The summed E-state index contributed by atoms with van der Waals surface area (Å²) in [6, 6.07) is 15.1. The van der Waals surface area contributed by atoms with Gasteiger partial charge in [0, 0.05) is 0 Å². The molecule has 0 amide bonds. The van der Waals surface area contributed by atoms with Crippen molar-refractivity contribution in [2.45, 2.75) is 34.1 Å². The Morgan fingerprint density at radius 2 is 1.71 bits per heavy atom. The summed E-state index contributed by atoms with van der Waals surface area (Å²) in [6.45, 7) is 12.9. The minimum Gasteiger partial charge on any atom is -0.0909 e. The molecule has 2 aromatic rings. The van der Waals surface area contributed by atoms with Crippen LogP contribution in [0.2, 0.25) is 0 Å². The van der Waals surface area contributed by atoms with Gasteiger partial charge in [0.1, 0.15) is 0 Å². The van der Waals surface area contributed by atoms with E-state index in [0.29, 0.717) is 0 Å². The van der Waals surface area contributed by atoms with Gasteiger partial charge in [-0.25, -0.2) is 0 Å². The molecule has 0 aliphatic rings. The Kier molecular flexibility index (Phi) is 4.80. The zero-order valence-electron chi connectivity index (χ0n) is 13.5. The second kappa shape index (κ2) is 6.58. The number of hydrogen-bond acceptors (Lipinski definition) is 0. The third kappa shape index (κ3) is 3.52. The largest absolute Gasteiger partial charge is 0.0909 e. The normalized spacial score (nSPS) is 11.5. The van der Waals surface area contributed by atoms with Gasteiger partial charge < -0.3 is 0 Å². The molecule has 0 bridgehead atoms. The molecule has 0 spiro atoms. The lowest BCUT2D eigenvalue weighted by atomic mass is 9.90. The van der Waals surface area contributed by atoms with Gasteiger partial charge in [-0.3, -0.25) is 0 Å². The van der Waals surface area contributed by atoms with Crippen LogP contribution in [0.15, 0.2) is 60.7 Å². The quantitative estimate of drug-likeness (QED) is 0.618. The van der Waals surface area contributed by atoms with Gasteiger partial charge in [0.25, 0.3) is 0 Å². The molecule has 2 aromatic carbocycles. The van der Waals surface area contributed by atoms with E-state index < -0.39 is 0 Å². The zero-order chi connectivity index (χ0) is 15.4. The first kappa shape index (κ1) is 15.3. The van der Waals surface area contributed by atoms with Gasteiger partial charge in [0.2, 0.25) is 0 Å². The van der Waals surface area contributed by atoms with Gasteiger partial charge >= 0.3 is 0 Å². The van der Waals surface area contributed by atoms with Crippen molar-refractivity contribution in [2.75, 3.05) is 0 Å². The number of hydrogen-bond donors (Lipinski definition) is 0. The molecule has 21 heavy (non-hydrogen) atoms. The van der Waals surface area contributed by atoms with E-state index in [1.807, 2.05) is 0 Å². The summed E-state index contributed by atoms with van der Waals surface area (Å²) in [5, 5.41) is 0. The molecule has 0 fully saturated rings. The van der Waals surface area contributed by atoms with Gasteiger partial charge in [0.15, 0.2) is 0 Å². The maximum atomic E-state index is 4.34. The molecule has 0 aromatic heterocycles. The van der Waals surface area contributed by atoms with Crippen molar-refractivity contribution in [1.29, 1.82) is 0 Å². The van der Waals surface area contributed by atoms with Crippen molar-refractivity contribution >= 4 is 5.57 Å². The van der Waals surface area contributed by atoms with Crippen molar-refractivity contribution in [3.8, 4) is 0 Å². The molecule has 2 rings (SSSR count). The van der Waals surface area contributed by atoms with Crippen LogP contribution in [0.5, 0.6) is 0 Å². The van der Waals surface area contributed by atoms with Crippen LogP contribution < -0.4 is 0 Å². The second-order valence-corrected chi connectivity index (χ2v) is 5.71. The third-order valence-electron chi connectivity index (χ3n) is 4.09. The van der Waals surface area contributed by atoms with Gasteiger partial charge in [-0.15, -0.1) is 0 Å². The van der Waals surface area contributed by atoms with Crippen LogP contribution in [0.4, 0.5) is 0 Å². The van der Waals surface area contributed by atoms with E-state index in [4.69, 9.17) is 0 Å². The fourth-order valence-corrected chi connectivity index (χ4v) is 2.72. The van der Waals surface area contributed by atoms with Crippen molar-refractivity contribution in [3.63, 3.8) is 0 Å². The minimum absolute atomic E-state index is 0.940. The van der Waals surface area contributed by atoms with Crippen LogP contribution in [0, 0.1) is 20.8 Å². The summed E-state index contributed by atoms with van der Waals surface area (Å²) in [7, 11) is 0. The average molecular weight is 276 g/mol. The van der Waals surface area contributed by atoms with E-state index in [0.717, 1.165) is 12.0 Å². The zero-order valence-corrected chi connectivity index (χ0v) is 13.5. The Morgan fingerprint density at radius 3 is 2.33 bits per heavy atom. The van der Waals surface area contributed by atoms with Gasteiger partial charge in [-0.2, -0.15) is 0 Å². The lowest BCUT2D eigenvalue weighted by molar-refractivity contribution is 1.16. The molecule has 0 nitrogen and oxygen atoms in total. The Morgan fingerprint density at radius 1 is 1.00 bits per heavy atom. The van der Waals surface area contributed by atoms with Crippen LogP contribution in [0.25, 0.3) is 5.57 Å². The maximum absolute atomic E-state index is 4.34. The van der Waals surface area contributed by atoms with Crippen molar-refractivity contribution in [1.82, 2.24) is 0 Å². The van der Waals surface area contributed by atoms with Crippen LogP contribution in [-0.4, -0.2) is 0 Å².